The normalized spacial score (nSPS) is 11.7. The lowest BCUT2D eigenvalue weighted by Crippen LogP contribution is -2.34. The zero-order valence-corrected chi connectivity index (χ0v) is 23.1. The zero-order valence-electron chi connectivity index (χ0n) is 22.3. The van der Waals surface area contributed by atoms with Crippen LogP contribution >= 0.6 is 11.6 Å². The number of methoxy groups -OCH3 is 1. The quantitative estimate of drug-likeness (QED) is 0.254. The Balaban J connectivity index is 1.53. The van der Waals surface area contributed by atoms with E-state index in [-0.39, 0.29) is 18.0 Å². The van der Waals surface area contributed by atoms with Gasteiger partial charge in [0.05, 0.1) is 19.0 Å². The number of halogens is 1. The predicted octanol–water partition coefficient (Wildman–Crippen LogP) is 3.72. The van der Waals surface area contributed by atoms with E-state index in [2.05, 4.69) is 31.0 Å². The molecule has 0 saturated heterocycles. The highest BCUT2D eigenvalue weighted by Gasteiger charge is 2.26. The van der Waals surface area contributed by atoms with Crippen molar-refractivity contribution in [3.63, 3.8) is 0 Å². The maximum atomic E-state index is 13.7. The molecule has 208 valence electrons. The van der Waals surface area contributed by atoms with Crippen molar-refractivity contribution in [3.8, 4) is 28.3 Å². The number of ketones is 1. The maximum Gasteiger partial charge on any atom is 0.252 e. The van der Waals surface area contributed by atoms with Crippen LogP contribution in [0.2, 0.25) is 5.02 Å². The number of ether oxygens (including phenoxy) is 1. The number of hydrogen-bond donors (Lipinski definition) is 2. The fourth-order valence-electron chi connectivity index (χ4n) is 4.49. The summed E-state index contributed by atoms with van der Waals surface area (Å²) in [5, 5.41) is 21.5. The number of aromatic nitrogens is 7. The number of carbonyl (C=O) groups excluding carboxylic acids is 2. The van der Waals surface area contributed by atoms with Gasteiger partial charge in [0.25, 0.3) is 5.56 Å². The number of benzene rings is 2. The van der Waals surface area contributed by atoms with E-state index in [9.17, 15) is 14.4 Å². The molecule has 5 rings (SSSR count). The minimum absolute atomic E-state index is 0.131. The minimum Gasteiger partial charge on any atom is -0.495 e. The first-order chi connectivity index (χ1) is 19.7. The third kappa shape index (κ3) is 5.92. The van der Waals surface area contributed by atoms with Gasteiger partial charge in [-0.05, 0) is 66.2 Å². The highest BCUT2D eigenvalue weighted by Crippen LogP contribution is 2.34. The minimum atomic E-state index is -0.983. The first kappa shape index (κ1) is 27.5. The molecule has 0 radical (unpaired) electrons. The lowest BCUT2D eigenvalue weighted by molar-refractivity contribution is -0.119. The largest absolute Gasteiger partial charge is 0.495 e. The van der Waals surface area contributed by atoms with E-state index >= 15 is 0 Å². The predicted molar refractivity (Wildman–Crippen MR) is 152 cm³/mol. The van der Waals surface area contributed by atoms with Crippen LogP contribution in [-0.4, -0.2) is 53.8 Å². The van der Waals surface area contributed by atoms with Crippen molar-refractivity contribution in [1.82, 2.24) is 35.0 Å². The van der Waals surface area contributed by atoms with Crippen LogP contribution in [0, 0.1) is 0 Å². The first-order valence-corrected chi connectivity index (χ1v) is 12.9. The summed E-state index contributed by atoms with van der Waals surface area (Å²) >= 11 is 6.23. The Bertz CT molecular complexity index is 1780. The summed E-state index contributed by atoms with van der Waals surface area (Å²) in [5.74, 6) is 0.0765. The van der Waals surface area contributed by atoms with Crippen molar-refractivity contribution in [1.29, 1.82) is 0 Å². The maximum absolute atomic E-state index is 13.7. The number of anilines is 1. The summed E-state index contributed by atoms with van der Waals surface area (Å²) in [6, 6.07) is 13.9. The van der Waals surface area contributed by atoms with Crippen LogP contribution in [0.1, 0.15) is 29.0 Å². The highest BCUT2D eigenvalue weighted by atomic mass is 35.5. The van der Waals surface area contributed by atoms with E-state index in [0.29, 0.717) is 44.5 Å². The Hall–Kier alpha value is -5.10. The lowest BCUT2D eigenvalue weighted by atomic mass is 9.97. The van der Waals surface area contributed by atoms with Crippen molar-refractivity contribution in [2.24, 2.45) is 7.05 Å². The van der Waals surface area contributed by atoms with Crippen molar-refractivity contribution >= 4 is 29.0 Å². The van der Waals surface area contributed by atoms with Gasteiger partial charge in [-0.3, -0.25) is 23.6 Å². The standard InChI is InChI=1S/C28H25ClN8O4/c1-16(38)21-9-6-18(29)12-22(21)23-14-26(39)37(15-25(23)41-3)24(13-20-10-11-36(2)33-20)28(40)30-19-7-4-17(5-8-19)27-31-34-35-32-27/h4-12,14-15,24H,13H2,1-3H3,(H,30,40)(H,31,32,34,35)/t24-/m0/s1. The molecule has 0 unspecified atom stereocenters. The molecular weight excluding hydrogens is 548 g/mol. The van der Waals surface area contributed by atoms with Crippen LogP contribution in [0.15, 0.2) is 71.8 Å². The topological polar surface area (TPSA) is 150 Å². The Morgan fingerprint density at radius 2 is 1.88 bits per heavy atom. The number of aromatic amines is 1. The van der Waals surface area contributed by atoms with Crippen molar-refractivity contribution < 1.29 is 14.3 Å². The second kappa shape index (κ2) is 11.6. The molecule has 41 heavy (non-hydrogen) atoms. The molecule has 0 bridgehead atoms. The summed E-state index contributed by atoms with van der Waals surface area (Å²) in [7, 11) is 3.22. The molecule has 13 heteroatoms. The van der Waals surface area contributed by atoms with Gasteiger partial charge in [0.15, 0.2) is 5.78 Å². The second-order valence-corrected chi connectivity index (χ2v) is 9.69. The second-order valence-electron chi connectivity index (χ2n) is 9.25. The number of amides is 1. The molecule has 2 N–H and O–H groups in total. The smallest absolute Gasteiger partial charge is 0.252 e. The fourth-order valence-corrected chi connectivity index (χ4v) is 4.66. The van der Waals surface area contributed by atoms with Gasteiger partial charge in [-0.1, -0.05) is 11.6 Å². The molecule has 1 amide bonds. The monoisotopic (exact) mass is 572 g/mol. The van der Waals surface area contributed by atoms with Gasteiger partial charge < -0.3 is 10.1 Å². The Morgan fingerprint density at radius 1 is 1.10 bits per heavy atom. The average Bonchev–Trinajstić information content (AvgIpc) is 3.64. The van der Waals surface area contributed by atoms with Gasteiger partial charge in [-0.2, -0.15) is 10.3 Å². The SMILES string of the molecule is COc1cn([C@@H](Cc2ccn(C)n2)C(=O)Nc2ccc(-c3nn[nH]n3)cc2)c(=O)cc1-c1cc(Cl)ccc1C(C)=O. The molecule has 0 spiro atoms. The summed E-state index contributed by atoms with van der Waals surface area (Å²) in [5.41, 5.74) is 2.59. The van der Waals surface area contributed by atoms with Gasteiger partial charge in [-0.25, -0.2) is 0 Å². The van der Waals surface area contributed by atoms with E-state index in [4.69, 9.17) is 16.3 Å². The van der Waals surface area contributed by atoms with Gasteiger partial charge in [0, 0.05) is 53.1 Å². The average molecular weight is 573 g/mol. The number of tetrazole rings is 1. The van der Waals surface area contributed by atoms with Gasteiger partial charge in [0.1, 0.15) is 11.8 Å². The number of nitrogens with zero attached hydrogens (tertiary/aromatic N) is 6. The van der Waals surface area contributed by atoms with E-state index in [1.807, 2.05) is 0 Å². The molecule has 0 aliphatic heterocycles. The third-order valence-corrected chi connectivity index (χ3v) is 6.72. The number of rotatable bonds is 9. The Morgan fingerprint density at radius 3 is 2.51 bits per heavy atom. The van der Waals surface area contributed by atoms with E-state index in [1.165, 1.54) is 30.9 Å². The summed E-state index contributed by atoms with van der Waals surface area (Å²) in [4.78, 5) is 39.6. The van der Waals surface area contributed by atoms with Crippen molar-refractivity contribution in [3.05, 3.63) is 93.6 Å². The third-order valence-electron chi connectivity index (χ3n) is 6.48. The number of Topliss-reactive ketones (excluding diaryl/α,β-unsaturated/α-hetero) is 1. The number of nitrogens with one attached hydrogen (secondary N) is 2. The molecule has 0 aliphatic rings. The molecule has 3 heterocycles. The van der Waals surface area contributed by atoms with Crippen LogP contribution < -0.4 is 15.6 Å². The molecule has 2 aromatic carbocycles. The fraction of sp³-hybridized carbons (Fsp3) is 0.179. The Kier molecular flexibility index (Phi) is 7.74. The van der Waals surface area contributed by atoms with Gasteiger partial charge >= 0.3 is 0 Å². The van der Waals surface area contributed by atoms with Crippen LogP contribution in [-0.2, 0) is 18.3 Å². The number of pyridine rings is 1. The van der Waals surface area contributed by atoms with Crippen LogP contribution in [0.25, 0.3) is 22.5 Å². The highest BCUT2D eigenvalue weighted by molar-refractivity contribution is 6.31. The van der Waals surface area contributed by atoms with Gasteiger partial charge in [0.2, 0.25) is 11.7 Å². The van der Waals surface area contributed by atoms with Crippen LogP contribution in [0.4, 0.5) is 5.69 Å². The Labute approximate surface area is 238 Å². The van der Waals surface area contributed by atoms with Crippen LogP contribution in [0.3, 0.4) is 0 Å². The lowest BCUT2D eigenvalue weighted by Gasteiger charge is -2.21. The van der Waals surface area contributed by atoms with Crippen LogP contribution in [0.5, 0.6) is 5.75 Å². The number of H-pyrrole nitrogens is 1. The molecule has 5 aromatic rings. The van der Waals surface area contributed by atoms with E-state index < -0.39 is 17.5 Å². The molecule has 1 atom stereocenters. The van der Waals surface area contributed by atoms with Crippen molar-refractivity contribution in [2.75, 3.05) is 12.4 Å². The summed E-state index contributed by atoms with van der Waals surface area (Å²) in [6.45, 7) is 1.43. The molecule has 0 aliphatic carbocycles. The zero-order chi connectivity index (χ0) is 29.1. The van der Waals surface area contributed by atoms with E-state index in [0.717, 1.165) is 0 Å². The summed E-state index contributed by atoms with van der Waals surface area (Å²) < 4.78 is 8.56. The van der Waals surface area contributed by atoms with E-state index in [1.54, 1.807) is 66.5 Å². The van der Waals surface area contributed by atoms with Gasteiger partial charge in [-0.15, -0.1) is 10.2 Å². The molecular formula is C28H25ClN8O4. The first-order valence-electron chi connectivity index (χ1n) is 12.5. The number of carbonyl (C=O) groups is 2. The number of aryl methyl sites for hydroxylation is 1. The molecule has 0 fully saturated rings. The number of hydrogen-bond acceptors (Lipinski definition) is 8. The molecule has 12 nitrogen and oxygen atoms in total. The molecule has 3 aromatic heterocycles. The van der Waals surface area contributed by atoms with Crippen molar-refractivity contribution in [2.45, 2.75) is 19.4 Å². The molecule has 0 saturated carbocycles. The summed E-state index contributed by atoms with van der Waals surface area (Å²) in [6.07, 6.45) is 3.36.